The average molecular weight is 754 g/mol. The molecule has 1 aromatic heterocycles. The topological polar surface area (TPSA) is 141 Å². The summed E-state index contributed by atoms with van der Waals surface area (Å²) in [5, 5.41) is 11.2. The number of hydrogen-bond acceptors (Lipinski definition) is 10. The molecule has 2 N–H and O–H groups in total. The van der Waals surface area contributed by atoms with Gasteiger partial charge in [-0.2, -0.15) is 17.4 Å². The van der Waals surface area contributed by atoms with Gasteiger partial charge in [-0.25, -0.2) is 23.1 Å². The molecule has 1 saturated carbocycles. The number of aliphatic hydroxyl groups is 1. The van der Waals surface area contributed by atoms with Gasteiger partial charge in [0.15, 0.2) is 17.4 Å². The smallest absolute Gasteiger partial charge is 0.279 e. The minimum absolute atomic E-state index is 0.0280. The summed E-state index contributed by atoms with van der Waals surface area (Å²) in [4.78, 5) is 27.9. The van der Waals surface area contributed by atoms with Crippen LogP contribution in [0.5, 0.6) is 11.5 Å². The van der Waals surface area contributed by atoms with Gasteiger partial charge in [-0.15, -0.1) is 0 Å². The van der Waals surface area contributed by atoms with Crippen LogP contribution < -0.4 is 14.4 Å². The molecule has 2 atom stereocenters. The third-order valence-electron chi connectivity index (χ3n) is 10.9. The zero-order chi connectivity index (χ0) is 37.6. The fourth-order valence-electron chi connectivity index (χ4n) is 7.65. The fourth-order valence-corrected chi connectivity index (χ4v) is 8.98. The van der Waals surface area contributed by atoms with Gasteiger partial charge in [0.25, 0.3) is 22.0 Å². The standard InChI is InChI=1S/C35H50F3N7O6S/c1-23(2)42(5)52(48,49)41-26-8-9-35(47,50-18-26)21-43-12-10-33(11-13-43)19-44(20-33)31-30(17-39-22-40-31)51-29-7-6-25(36)14-28(29)32(46)45(24(3)4)27-15-34(37,38)16-27/h6-7,14,17,22-24,26-27,41,47H,8-13,15-16,18-21H2,1-5H3/t26-,35-/m1/s1. The van der Waals surface area contributed by atoms with Crippen LogP contribution in [-0.2, 0) is 14.9 Å². The maximum Gasteiger partial charge on any atom is 0.279 e. The summed E-state index contributed by atoms with van der Waals surface area (Å²) in [5.74, 6) is -4.52. The van der Waals surface area contributed by atoms with Gasteiger partial charge in [0.05, 0.1) is 24.9 Å². The largest absolute Gasteiger partial charge is 0.451 e. The Morgan fingerprint density at radius 2 is 1.81 bits per heavy atom. The molecule has 52 heavy (non-hydrogen) atoms. The van der Waals surface area contributed by atoms with Crippen LogP contribution in [-0.4, -0.2) is 126 Å². The summed E-state index contributed by atoms with van der Waals surface area (Å²) in [6.07, 6.45) is 4.55. The van der Waals surface area contributed by atoms with E-state index in [9.17, 15) is 31.5 Å². The van der Waals surface area contributed by atoms with Crippen LogP contribution in [0.4, 0.5) is 19.0 Å². The molecule has 4 heterocycles. The van der Waals surface area contributed by atoms with Gasteiger partial charge in [-0.3, -0.25) is 9.69 Å². The number of piperidine rings is 1. The summed E-state index contributed by atoms with van der Waals surface area (Å²) in [7, 11) is -2.13. The lowest BCUT2D eigenvalue weighted by Crippen LogP contribution is -2.62. The van der Waals surface area contributed by atoms with Crippen LogP contribution in [0.2, 0.25) is 0 Å². The van der Waals surface area contributed by atoms with Gasteiger partial charge in [0, 0.05) is 69.0 Å². The molecule has 0 bridgehead atoms. The predicted octanol–water partition coefficient (Wildman–Crippen LogP) is 4.00. The minimum atomic E-state index is -3.65. The highest BCUT2D eigenvalue weighted by Crippen LogP contribution is 2.46. The number of benzene rings is 1. The molecule has 3 aliphatic heterocycles. The summed E-state index contributed by atoms with van der Waals surface area (Å²) in [6, 6.07) is 1.96. The summed E-state index contributed by atoms with van der Waals surface area (Å²) >= 11 is 0. The van der Waals surface area contributed by atoms with Gasteiger partial charge >= 0.3 is 0 Å². The first-order chi connectivity index (χ1) is 24.4. The number of alkyl halides is 2. The van der Waals surface area contributed by atoms with E-state index in [1.165, 1.54) is 40.9 Å². The Morgan fingerprint density at radius 1 is 1.12 bits per heavy atom. The van der Waals surface area contributed by atoms with Crippen molar-refractivity contribution in [3.63, 3.8) is 0 Å². The summed E-state index contributed by atoms with van der Waals surface area (Å²) in [6.45, 7) is 10.4. The molecule has 1 amide bonds. The van der Waals surface area contributed by atoms with Crippen molar-refractivity contribution in [2.45, 2.75) is 102 Å². The van der Waals surface area contributed by atoms with E-state index in [-0.39, 0.29) is 41.2 Å². The molecule has 1 aliphatic carbocycles. The van der Waals surface area contributed by atoms with Crippen molar-refractivity contribution in [1.82, 2.24) is 28.8 Å². The molecule has 0 unspecified atom stereocenters. The number of rotatable bonds is 12. The van der Waals surface area contributed by atoms with E-state index in [0.717, 1.165) is 32.0 Å². The first-order valence-electron chi connectivity index (χ1n) is 18.0. The van der Waals surface area contributed by atoms with E-state index < -0.39 is 58.6 Å². The molecular formula is C35H50F3N7O6S. The molecule has 4 fully saturated rings. The van der Waals surface area contributed by atoms with E-state index in [1.807, 2.05) is 0 Å². The van der Waals surface area contributed by atoms with E-state index in [2.05, 4.69) is 24.5 Å². The number of nitrogens with zero attached hydrogens (tertiary/aromatic N) is 6. The highest BCUT2D eigenvalue weighted by atomic mass is 32.2. The molecule has 17 heteroatoms. The number of ether oxygens (including phenoxy) is 2. The highest BCUT2D eigenvalue weighted by molar-refractivity contribution is 7.87. The van der Waals surface area contributed by atoms with Crippen molar-refractivity contribution in [1.29, 1.82) is 0 Å². The molecule has 3 saturated heterocycles. The number of hydrogen-bond donors (Lipinski definition) is 2. The van der Waals surface area contributed by atoms with Gasteiger partial charge in [-0.05, 0) is 78.2 Å². The van der Waals surface area contributed by atoms with Crippen molar-refractivity contribution in [3.05, 3.63) is 42.1 Å². The Hall–Kier alpha value is -3.09. The maximum absolute atomic E-state index is 14.5. The van der Waals surface area contributed by atoms with Crippen LogP contribution >= 0.6 is 0 Å². The van der Waals surface area contributed by atoms with Gasteiger partial charge in [0.2, 0.25) is 0 Å². The molecular weight excluding hydrogens is 703 g/mol. The van der Waals surface area contributed by atoms with Crippen molar-refractivity contribution < 1.29 is 41.0 Å². The molecule has 13 nitrogen and oxygen atoms in total. The second-order valence-corrected chi connectivity index (χ2v) is 17.3. The second-order valence-electron chi connectivity index (χ2n) is 15.5. The number of carbonyl (C=O) groups excluding carboxylic acids is 1. The van der Waals surface area contributed by atoms with E-state index in [0.29, 0.717) is 38.3 Å². The molecule has 1 spiro atoms. The molecule has 2 aromatic rings. The molecule has 6 rings (SSSR count). The van der Waals surface area contributed by atoms with Crippen molar-refractivity contribution in [3.8, 4) is 11.5 Å². The van der Waals surface area contributed by atoms with Crippen LogP contribution in [0.3, 0.4) is 0 Å². The zero-order valence-corrected chi connectivity index (χ0v) is 31.2. The number of halogens is 3. The average Bonchev–Trinajstić information content (AvgIpc) is 3.05. The number of aromatic nitrogens is 2. The van der Waals surface area contributed by atoms with Gasteiger partial charge in [-0.1, -0.05) is 0 Å². The number of likely N-dealkylation sites (tertiary alicyclic amines) is 1. The quantitative estimate of drug-likeness (QED) is 0.327. The first-order valence-corrected chi connectivity index (χ1v) is 19.4. The lowest BCUT2D eigenvalue weighted by atomic mass is 9.72. The predicted molar refractivity (Wildman–Crippen MR) is 187 cm³/mol. The number of anilines is 1. The number of nitrogens with one attached hydrogen (secondary N) is 1. The molecule has 288 valence electrons. The van der Waals surface area contributed by atoms with E-state index >= 15 is 0 Å². The minimum Gasteiger partial charge on any atom is -0.451 e. The van der Waals surface area contributed by atoms with Crippen LogP contribution in [0.15, 0.2) is 30.7 Å². The Bertz CT molecular complexity index is 1700. The number of carbonyl (C=O) groups is 1. The van der Waals surface area contributed by atoms with Crippen LogP contribution in [0, 0.1) is 11.2 Å². The third-order valence-corrected chi connectivity index (χ3v) is 12.7. The molecule has 1 aromatic carbocycles. The van der Waals surface area contributed by atoms with Gasteiger partial charge in [0.1, 0.15) is 17.9 Å². The summed E-state index contributed by atoms with van der Waals surface area (Å²) < 4.78 is 83.1. The van der Waals surface area contributed by atoms with Crippen LogP contribution in [0.25, 0.3) is 0 Å². The SMILES string of the molecule is CC(C)N(C(=O)c1cc(F)ccc1Oc1cncnc1N1CC2(CCN(C[C@@]3(O)CC[C@@H](NS(=O)(=O)N(C)C(C)C)CO3)CC2)C1)C1CC(F)(F)C1. The maximum atomic E-state index is 14.5. The van der Waals surface area contributed by atoms with Crippen LogP contribution in [0.1, 0.15) is 76.6 Å². The number of amides is 1. The van der Waals surface area contributed by atoms with Crippen molar-refractivity contribution in [2.75, 3.05) is 51.3 Å². The van der Waals surface area contributed by atoms with Crippen molar-refractivity contribution in [2.24, 2.45) is 5.41 Å². The van der Waals surface area contributed by atoms with Crippen molar-refractivity contribution >= 4 is 21.9 Å². The first kappa shape index (κ1) is 38.6. The molecule has 0 radical (unpaired) electrons. The molecule has 4 aliphatic rings. The third kappa shape index (κ3) is 8.34. The summed E-state index contributed by atoms with van der Waals surface area (Å²) in [5.41, 5.74) is -0.0366. The lowest BCUT2D eigenvalue weighted by molar-refractivity contribution is -0.239. The second kappa shape index (κ2) is 14.6. The normalized spacial score (nSPS) is 25.0. The zero-order valence-electron chi connectivity index (χ0n) is 30.4. The van der Waals surface area contributed by atoms with E-state index in [4.69, 9.17) is 9.47 Å². The number of β-amino-alcohol motifs (C(OH)–C–C–N with tert-alkyl or cyclic N) is 1. The van der Waals surface area contributed by atoms with Gasteiger partial charge < -0.3 is 24.4 Å². The Morgan fingerprint density at radius 3 is 2.40 bits per heavy atom. The Labute approximate surface area is 303 Å². The highest BCUT2D eigenvalue weighted by Gasteiger charge is 2.50. The lowest BCUT2D eigenvalue weighted by Gasteiger charge is -2.55. The monoisotopic (exact) mass is 753 g/mol. The van der Waals surface area contributed by atoms with E-state index in [1.54, 1.807) is 27.7 Å². The Kier molecular flexibility index (Phi) is 10.9. The Balaban J connectivity index is 1.04. The fraction of sp³-hybridized carbons (Fsp3) is 0.686.